The monoisotopic (exact) mass is 330 g/mol. The van der Waals surface area contributed by atoms with Crippen molar-refractivity contribution >= 4 is 31.0 Å². The first kappa shape index (κ1) is 15.9. The van der Waals surface area contributed by atoms with Crippen LogP contribution in [0.3, 0.4) is 0 Å². The highest BCUT2D eigenvalue weighted by atomic mass is 32.2. The fraction of sp³-hybridized carbons (Fsp3) is 0.231. The van der Waals surface area contributed by atoms with E-state index in [0.29, 0.717) is 5.39 Å². The van der Waals surface area contributed by atoms with E-state index < -0.39 is 30.0 Å². The predicted octanol–water partition coefficient (Wildman–Crippen LogP) is 2.46. The third kappa shape index (κ3) is 2.93. The molecular formula is C13H14O6S2. The van der Waals surface area contributed by atoms with Gasteiger partial charge in [0.05, 0.1) is 0 Å². The molecule has 0 saturated heterocycles. The highest BCUT2D eigenvalue weighted by molar-refractivity contribution is 7.89. The van der Waals surface area contributed by atoms with Crippen molar-refractivity contribution in [2.24, 2.45) is 0 Å². The van der Waals surface area contributed by atoms with Gasteiger partial charge in [-0.25, -0.2) is 0 Å². The zero-order valence-corrected chi connectivity index (χ0v) is 12.9. The molecule has 2 aromatic rings. The van der Waals surface area contributed by atoms with Crippen LogP contribution in [0.2, 0.25) is 0 Å². The van der Waals surface area contributed by atoms with Crippen molar-refractivity contribution in [1.82, 2.24) is 0 Å². The molecule has 0 bridgehead atoms. The summed E-state index contributed by atoms with van der Waals surface area (Å²) in [5.41, 5.74) is 0.129. The van der Waals surface area contributed by atoms with E-state index >= 15 is 0 Å². The zero-order chi connectivity index (χ0) is 16.0. The largest absolute Gasteiger partial charge is 0.296 e. The first-order valence-electron chi connectivity index (χ1n) is 6.04. The van der Waals surface area contributed by atoms with Crippen molar-refractivity contribution in [2.45, 2.75) is 29.6 Å². The van der Waals surface area contributed by atoms with Crippen molar-refractivity contribution in [2.75, 3.05) is 0 Å². The Morgan fingerprint density at radius 2 is 1.43 bits per heavy atom. The van der Waals surface area contributed by atoms with Crippen molar-refractivity contribution < 1.29 is 25.9 Å². The molecule has 0 unspecified atom stereocenters. The zero-order valence-electron chi connectivity index (χ0n) is 11.3. The summed E-state index contributed by atoms with van der Waals surface area (Å²) in [6.07, 6.45) is 0. The Bertz CT molecular complexity index is 911. The van der Waals surface area contributed by atoms with Gasteiger partial charge in [-0.2, -0.15) is 16.8 Å². The number of hydrogen-bond acceptors (Lipinski definition) is 4. The first-order valence-corrected chi connectivity index (χ1v) is 8.92. The summed E-state index contributed by atoms with van der Waals surface area (Å²) in [6, 6.07) is 7.64. The number of hydrogen-bond donors (Lipinski definition) is 2. The minimum Gasteiger partial charge on any atom is -0.282 e. The molecule has 6 nitrogen and oxygen atoms in total. The van der Waals surface area contributed by atoms with E-state index in [9.17, 15) is 25.9 Å². The van der Waals surface area contributed by atoms with Crippen LogP contribution in [0, 0.1) is 0 Å². The Morgan fingerprint density at radius 1 is 0.905 bits per heavy atom. The van der Waals surface area contributed by atoms with E-state index in [2.05, 4.69) is 0 Å². The second-order valence-electron chi connectivity index (χ2n) is 4.95. The van der Waals surface area contributed by atoms with Crippen LogP contribution in [0.4, 0.5) is 0 Å². The molecule has 0 saturated carbocycles. The standard InChI is InChI=1S/C13H14O6S2/c1-8(2)11-7-9-5-3-4-6-10(9)12(20(14,15)16)13(11)21(17,18)19/h3-8H,1-2H3,(H,14,15,16)(H,17,18,19). The van der Waals surface area contributed by atoms with Gasteiger partial charge in [0, 0.05) is 5.39 Å². The van der Waals surface area contributed by atoms with E-state index in [4.69, 9.17) is 0 Å². The number of rotatable bonds is 3. The minimum atomic E-state index is -4.84. The smallest absolute Gasteiger partial charge is 0.282 e. The number of benzene rings is 2. The van der Waals surface area contributed by atoms with Crippen molar-refractivity contribution in [3.8, 4) is 0 Å². The molecule has 0 atom stereocenters. The lowest BCUT2D eigenvalue weighted by molar-refractivity contribution is 0.465. The second-order valence-corrected chi connectivity index (χ2v) is 7.67. The molecular weight excluding hydrogens is 316 g/mol. The lowest BCUT2D eigenvalue weighted by atomic mass is 9.99. The SMILES string of the molecule is CC(C)c1cc2ccccc2c(S(=O)(=O)O)c1S(=O)(=O)O. The van der Waals surface area contributed by atoms with Crippen LogP contribution in [0.25, 0.3) is 10.8 Å². The Kier molecular flexibility index (Phi) is 3.83. The molecule has 2 N–H and O–H groups in total. The molecule has 0 aliphatic rings. The highest BCUT2D eigenvalue weighted by Crippen LogP contribution is 2.36. The van der Waals surface area contributed by atoms with E-state index in [0.717, 1.165) is 0 Å². The fourth-order valence-corrected chi connectivity index (χ4v) is 4.65. The highest BCUT2D eigenvalue weighted by Gasteiger charge is 2.30. The number of fused-ring (bicyclic) bond motifs is 1. The summed E-state index contributed by atoms with van der Waals surface area (Å²) < 4.78 is 65.5. The van der Waals surface area contributed by atoms with Gasteiger partial charge in [-0.05, 0) is 22.9 Å². The molecule has 0 aliphatic carbocycles. The molecule has 0 aromatic heterocycles. The summed E-state index contributed by atoms with van der Waals surface area (Å²) in [6.45, 7) is 3.32. The van der Waals surface area contributed by atoms with Gasteiger partial charge in [-0.15, -0.1) is 0 Å². The van der Waals surface area contributed by atoms with E-state index in [1.807, 2.05) is 0 Å². The van der Waals surface area contributed by atoms with Crippen LogP contribution in [-0.4, -0.2) is 25.9 Å². The van der Waals surface area contributed by atoms with Gasteiger partial charge >= 0.3 is 0 Å². The minimum absolute atomic E-state index is 0.0389. The Balaban J connectivity index is 3.20. The van der Waals surface area contributed by atoms with E-state index in [1.54, 1.807) is 26.0 Å². The van der Waals surface area contributed by atoms with Gasteiger partial charge in [0.1, 0.15) is 9.79 Å². The van der Waals surface area contributed by atoms with Gasteiger partial charge in [0.2, 0.25) is 0 Å². The average molecular weight is 330 g/mol. The maximum atomic E-state index is 11.7. The molecule has 21 heavy (non-hydrogen) atoms. The summed E-state index contributed by atoms with van der Waals surface area (Å²) >= 11 is 0. The summed E-state index contributed by atoms with van der Waals surface area (Å²) in [7, 11) is -9.66. The van der Waals surface area contributed by atoms with Crippen LogP contribution in [-0.2, 0) is 20.2 Å². The molecule has 114 valence electrons. The van der Waals surface area contributed by atoms with Gasteiger partial charge < -0.3 is 0 Å². The van der Waals surface area contributed by atoms with Crippen molar-refractivity contribution in [3.63, 3.8) is 0 Å². The fourth-order valence-electron chi connectivity index (χ4n) is 2.27. The summed E-state index contributed by atoms with van der Waals surface area (Å²) in [4.78, 5) is -1.55. The van der Waals surface area contributed by atoms with Crippen LogP contribution in [0.5, 0.6) is 0 Å². The predicted molar refractivity (Wildman–Crippen MR) is 77.7 cm³/mol. The third-order valence-electron chi connectivity index (χ3n) is 3.12. The van der Waals surface area contributed by atoms with Crippen LogP contribution < -0.4 is 0 Å². The molecule has 0 aliphatic heterocycles. The van der Waals surface area contributed by atoms with Crippen LogP contribution >= 0.6 is 0 Å². The van der Waals surface area contributed by atoms with Gasteiger partial charge in [-0.3, -0.25) is 9.11 Å². The molecule has 0 heterocycles. The average Bonchev–Trinajstić information content (AvgIpc) is 2.33. The van der Waals surface area contributed by atoms with Gasteiger partial charge in [-0.1, -0.05) is 38.1 Å². The molecule has 2 rings (SSSR count). The summed E-state index contributed by atoms with van der Waals surface area (Å²) in [5.74, 6) is -0.368. The van der Waals surface area contributed by atoms with Crippen molar-refractivity contribution in [1.29, 1.82) is 0 Å². The maximum Gasteiger partial charge on any atom is 0.296 e. The maximum absolute atomic E-state index is 11.7. The molecule has 0 radical (unpaired) electrons. The van der Waals surface area contributed by atoms with Gasteiger partial charge in [0.15, 0.2) is 0 Å². The lowest BCUT2D eigenvalue weighted by Crippen LogP contribution is -2.13. The Labute approximate surface area is 122 Å². The second kappa shape index (κ2) is 5.06. The topological polar surface area (TPSA) is 109 Å². The Hall–Kier alpha value is -1.48. The lowest BCUT2D eigenvalue weighted by Gasteiger charge is -2.16. The molecule has 8 heteroatoms. The molecule has 0 amide bonds. The molecule has 0 spiro atoms. The Morgan fingerprint density at radius 3 is 1.90 bits per heavy atom. The summed E-state index contributed by atoms with van der Waals surface area (Å²) in [5, 5.41) is 0.498. The van der Waals surface area contributed by atoms with E-state index in [1.165, 1.54) is 18.2 Å². The van der Waals surface area contributed by atoms with E-state index in [-0.39, 0.29) is 16.9 Å². The van der Waals surface area contributed by atoms with Gasteiger partial charge in [0.25, 0.3) is 20.2 Å². The van der Waals surface area contributed by atoms with Crippen LogP contribution in [0.1, 0.15) is 25.3 Å². The first-order chi connectivity index (χ1) is 9.53. The normalized spacial score (nSPS) is 13.0. The molecule has 2 aromatic carbocycles. The third-order valence-corrected chi connectivity index (χ3v) is 5.15. The van der Waals surface area contributed by atoms with Crippen LogP contribution in [0.15, 0.2) is 40.1 Å². The van der Waals surface area contributed by atoms with Crippen molar-refractivity contribution in [3.05, 3.63) is 35.9 Å². The molecule has 0 fully saturated rings. The quantitative estimate of drug-likeness (QED) is 0.837.